The summed E-state index contributed by atoms with van der Waals surface area (Å²) < 4.78 is 8.30. The monoisotopic (exact) mass is 436 g/mol. The molecular weight excluding hydrogens is 408 g/mol. The van der Waals surface area contributed by atoms with Gasteiger partial charge in [0.1, 0.15) is 11.2 Å². The number of rotatable bonds is 8. The molecule has 5 nitrogen and oxygen atoms in total. The van der Waals surface area contributed by atoms with Gasteiger partial charge >= 0.3 is 5.97 Å². The van der Waals surface area contributed by atoms with Crippen molar-refractivity contribution in [1.29, 1.82) is 0 Å². The van der Waals surface area contributed by atoms with Gasteiger partial charge in [-0.3, -0.25) is 9.78 Å². The largest absolute Gasteiger partial charge is 0.480 e. The van der Waals surface area contributed by atoms with E-state index in [1.54, 1.807) is 0 Å². The van der Waals surface area contributed by atoms with E-state index in [0.29, 0.717) is 18.4 Å². The third-order valence-electron chi connectivity index (χ3n) is 6.07. The first-order valence-corrected chi connectivity index (χ1v) is 11.3. The van der Waals surface area contributed by atoms with Gasteiger partial charge in [0.05, 0.1) is 12.3 Å². The van der Waals surface area contributed by atoms with Crippen LogP contribution in [-0.4, -0.2) is 34.1 Å². The lowest BCUT2D eigenvalue weighted by Crippen LogP contribution is -2.23. The molecule has 2 aromatic carbocycles. The summed E-state index contributed by atoms with van der Waals surface area (Å²) in [6.45, 7) is 1.23. The highest BCUT2D eigenvalue weighted by molar-refractivity contribution is 7.71. The number of hydrogen-bond donors (Lipinski definition) is 2. The Morgan fingerprint density at radius 2 is 1.55 bits per heavy atom. The zero-order valence-electron chi connectivity index (χ0n) is 17.5. The van der Waals surface area contributed by atoms with Crippen LogP contribution < -0.4 is 0 Å². The fourth-order valence-corrected chi connectivity index (χ4v) is 4.86. The predicted octanol–water partition coefficient (Wildman–Crippen LogP) is 5.79. The van der Waals surface area contributed by atoms with E-state index in [1.165, 1.54) is 0 Å². The molecule has 3 aromatic rings. The fraction of sp³-hybridized carbons (Fsp3) is 0.360. The van der Waals surface area contributed by atoms with Crippen molar-refractivity contribution in [2.75, 3.05) is 13.2 Å². The second-order valence-electron chi connectivity index (χ2n) is 8.30. The molecule has 0 amide bonds. The van der Waals surface area contributed by atoms with E-state index >= 15 is 0 Å². The summed E-state index contributed by atoms with van der Waals surface area (Å²) in [7, 11) is 0. The van der Waals surface area contributed by atoms with Crippen LogP contribution in [0.25, 0.3) is 22.4 Å². The van der Waals surface area contributed by atoms with Gasteiger partial charge in [0, 0.05) is 17.7 Å². The maximum atomic E-state index is 10.6. The number of aliphatic carboxylic acids is 1. The lowest BCUT2D eigenvalue weighted by Gasteiger charge is -2.29. The zero-order valence-corrected chi connectivity index (χ0v) is 18.3. The van der Waals surface area contributed by atoms with Gasteiger partial charge in [-0.2, -0.15) is 0 Å². The quantitative estimate of drug-likeness (QED) is 0.439. The van der Waals surface area contributed by atoms with E-state index in [0.717, 1.165) is 59.3 Å². The maximum Gasteiger partial charge on any atom is 0.329 e. The number of carbonyl (C=O) groups is 1. The Bertz CT molecular complexity index is 1050. The minimum Gasteiger partial charge on any atom is -0.480 e. The standard InChI is InChI=1S/C25H28N2O3S/c28-22(29)17-30-16-19-13-11-18(12-14-19)15-27-24(21-9-5-2-6-10-21)23(25(31)26-27)20-7-3-1-4-8-20/h1-10,18-19H,11-17H2,(H,26,31)(H,28,29). The molecule has 0 unspecified atom stereocenters. The van der Waals surface area contributed by atoms with Gasteiger partial charge in [0.2, 0.25) is 0 Å². The van der Waals surface area contributed by atoms with Gasteiger partial charge in [-0.05, 0) is 43.1 Å². The summed E-state index contributed by atoms with van der Waals surface area (Å²) in [5, 5.41) is 12.2. The molecule has 0 spiro atoms. The molecule has 1 saturated carbocycles. The molecule has 6 heteroatoms. The first kappa shape index (κ1) is 21.5. The number of nitrogens with one attached hydrogen (secondary N) is 1. The van der Waals surface area contributed by atoms with E-state index in [-0.39, 0.29) is 6.61 Å². The van der Waals surface area contributed by atoms with Crippen molar-refractivity contribution in [3.05, 3.63) is 65.3 Å². The van der Waals surface area contributed by atoms with Crippen LogP contribution in [0.5, 0.6) is 0 Å². The number of aromatic amines is 1. The second kappa shape index (κ2) is 10.1. The van der Waals surface area contributed by atoms with Crippen molar-refractivity contribution < 1.29 is 14.6 Å². The highest BCUT2D eigenvalue weighted by Gasteiger charge is 2.24. The van der Waals surface area contributed by atoms with Crippen molar-refractivity contribution in [3.63, 3.8) is 0 Å². The van der Waals surface area contributed by atoms with Crippen LogP contribution in [0.3, 0.4) is 0 Å². The van der Waals surface area contributed by atoms with E-state index < -0.39 is 5.97 Å². The highest BCUT2D eigenvalue weighted by Crippen LogP contribution is 2.36. The molecule has 4 rings (SSSR count). The van der Waals surface area contributed by atoms with Crippen LogP contribution in [0.1, 0.15) is 25.7 Å². The SMILES string of the molecule is O=C(O)COCC1CCC(Cn2[nH]c(=S)c(-c3ccccc3)c2-c2ccccc2)CC1. The summed E-state index contributed by atoms with van der Waals surface area (Å²) in [5.74, 6) is 0.103. The second-order valence-corrected chi connectivity index (χ2v) is 8.71. The molecule has 2 N–H and O–H groups in total. The first-order chi connectivity index (χ1) is 15.1. The summed E-state index contributed by atoms with van der Waals surface area (Å²) >= 11 is 5.76. The molecule has 0 atom stereocenters. The number of hydrogen-bond acceptors (Lipinski definition) is 3. The van der Waals surface area contributed by atoms with E-state index in [2.05, 4.69) is 46.2 Å². The van der Waals surface area contributed by atoms with Gasteiger partial charge in [-0.1, -0.05) is 72.9 Å². The van der Waals surface area contributed by atoms with Crippen molar-refractivity contribution in [3.8, 4) is 22.4 Å². The Balaban J connectivity index is 1.53. The average Bonchev–Trinajstić information content (AvgIpc) is 3.11. The first-order valence-electron chi connectivity index (χ1n) is 10.8. The van der Waals surface area contributed by atoms with Crippen LogP contribution in [0, 0.1) is 16.5 Å². The number of nitrogens with zero attached hydrogens (tertiary/aromatic N) is 1. The number of ether oxygens (including phenoxy) is 1. The lowest BCUT2D eigenvalue weighted by molar-refractivity contribution is -0.142. The molecule has 0 bridgehead atoms. The molecule has 1 heterocycles. The molecule has 31 heavy (non-hydrogen) atoms. The number of aromatic nitrogens is 2. The summed E-state index contributed by atoms with van der Waals surface area (Å²) in [6.07, 6.45) is 4.35. The van der Waals surface area contributed by atoms with Crippen molar-refractivity contribution in [1.82, 2.24) is 9.78 Å². The maximum absolute atomic E-state index is 10.6. The molecule has 0 aliphatic heterocycles. The van der Waals surface area contributed by atoms with Gasteiger partial charge in [-0.25, -0.2) is 4.79 Å². The molecule has 0 saturated heterocycles. The summed E-state index contributed by atoms with van der Waals surface area (Å²) in [4.78, 5) is 10.6. The van der Waals surface area contributed by atoms with Crippen LogP contribution in [-0.2, 0) is 16.1 Å². The molecule has 0 radical (unpaired) electrons. The minimum atomic E-state index is -0.904. The van der Waals surface area contributed by atoms with E-state index in [1.807, 2.05) is 24.3 Å². The van der Waals surface area contributed by atoms with E-state index in [4.69, 9.17) is 22.1 Å². The van der Waals surface area contributed by atoms with Crippen LogP contribution >= 0.6 is 12.2 Å². The number of benzene rings is 2. The summed E-state index contributed by atoms with van der Waals surface area (Å²) in [6, 6.07) is 20.8. The molecule has 1 fully saturated rings. The minimum absolute atomic E-state index is 0.206. The number of carboxylic acid groups (broad SMARTS) is 1. The Hall–Kier alpha value is -2.70. The fourth-order valence-electron chi connectivity index (χ4n) is 4.53. The zero-order chi connectivity index (χ0) is 21.6. The molecule has 1 aromatic heterocycles. The highest BCUT2D eigenvalue weighted by atomic mass is 32.1. The van der Waals surface area contributed by atoms with Crippen molar-refractivity contribution in [2.24, 2.45) is 11.8 Å². The topological polar surface area (TPSA) is 67.2 Å². The Morgan fingerprint density at radius 1 is 0.968 bits per heavy atom. The number of carboxylic acids is 1. The van der Waals surface area contributed by atoms with E-state index in [9.17, 15) is 4.79 Å². The molecule has 1 aliphatic carbocycles. The molecule has 162 valence electrons. The van der Waals surface area contributed by atoms with Crippen molar-refractivity contribution in [2.45, 2.75) is 32.2 Å². The third-order valence-corrected chi connectivity index (χ3v) is 6.36. The summed E-state index contributed by atoms with van der Waals surface area (Å²) in [5.41, 5.74) is 4.51. The molecular formula is C25H28N2O3S. The van der Waals surface area contributed by atoms with Crippen LogP contribution in [0.15, 0.2) is 60.7 Å². The normalized spacial score (nSPS) is 18.7. The Morgan fingerprint density at radius 3 is 2.16 bits per heavy atom. The van der Waals surface area contributed by atoms with Gasteiger partial charge in [-0.15, -0.1) is 0 Å². The Labute approximate surface area is 187 Å². The van der Waals surface area contributed by atoms with Gasteiger partial charge in [0.25, 0.3) is 0 Å². The molecule has 1 aliphatic rings. The number of H-pyrrole nitrogens is 1. The Kier molecular flexibility index (Phi) is 6.99. The van der Waals surface area contributed by atoms with Gasteiger partial charge < -0.3 is 9.84 Å². The van der Waals surface area contributed by atoms with Crippen LogP contribution in [0.4, 0.5) is 0 Å². The smallest absolute Gasteiger partial charge is 0.329 e. The van der Waals surface area contributed by atoms with Crippen LogP contribution in [0.2, 0.25) is 0 Å². The van der Waals surface area contributed by atoms with Gasteiger partial charge in [0.15, 0.2) is 0 Å². The predicted molar refractivity (Wildman–Crippen MR) is 124 cm³/mol. The average molecular weight is 437 g/mol. The third kappa shape index (κ3) is 5.32. The van der Waals surface area contributed by atoms with Crippen molar-refractivity contribution >= 4 is 18.2 Å². The lowest BCUT2D eigenvalue weighted by atomic mass is 9.82.